The van der Waals surface area contributed by atoms with Gasteiger partial charge in [-0.25, -0.2) is 4.79 Å². The van der Waals surface area contributed by atoms with Crippen LogP contribution in [-0.4, -0.2) is 51.9 Å². The number of unbranched alkanes of at least 4 members (excludes halogenated alkanes) is 1. The van der Waals surface area contributed by atoms with Gasteiger partial charge in [0.05, 0.1) is 6.42 Å². The Morgan fingerprint density at radius 1 is 0.857 bits per heavy atom. The minimum absolute atomic E-state index is 0.0112. The summed E-state index contributed by atoms with van der Waals surface area (Å²) in [7, 11) is 0. The summed E-state index contributed by atoms with van der Waals surface area (Å²) >= 11 is 0. The van der Waals surface area contributed by atoms with Crippen LogP contribution in [0.15, 0.2) is 54.6 Å². The van der Waals surface area contributed by atoms with Gasteiger partial charge in [0.25, 0.3) is 0 Å². The van der Waals surface area contributed by atoms with Crippen molar-refractivity contribution in [2.75, 3.05) is 0 Å². The zero-order chi connectivity index (χ0) is 25.8. The molecule has 0 saturated heterocycles. The number of amides is 2. The molecule has 2 amide bonds. The molecule has 0 heterocycles. The zero-order valence-electron chi connectivity index (χ0n) is 19.2. The van der Waals surface area contributed by atoms with E-state index in [2.05, 4.69) is 10.6 Å². The molecule has 0 aliphatic heterocycles. The average molecular weight is 483 g/mol. The van der Waals surface area contributed by atoms with Gasteiger partial charge in [0.15, 0.2) is 0 Å². The average Bonchev–Trinajstić information content (AvgIpc) is 2.81. The molecule has 0 bridgehead atoms. The topological polar surface area (TPSA) is 183 Å². The van der Waals surface area contributed by atoms with Gasteiger partial charge in [-0.05, 0) is 30.4 Å². The standard InChI is InChI=1S/C25H30N4O6/c26-23(27)18-12-10-16(11-13-18)6-4-5-9-21(30)28-19(15-22(31)32)24(33)29-20(25(34)35)14-17-7-2-1-3-8-17/h1-3,7-8,10-13,19-20H,4-6,9,14-15H2,(H3,26,27)(H,28,30)(H,29,33)(H,31,32)(H,34,35)/t19-,20?/m0/s1. The van der Waals surface area contributed by atoms with Crippen molar-refractivity contribution < 1.29 is 29.4 Å². The van der Waals surface area contributed by atoms with Crippen molar-refractivity contribution in [3.63, 3.8) is 0 Å². The van der Waals surface area contributed by atoms with E-state index in [4.69, 9.17) is 16.2 Å². The summed E-state index contributed by atoms with van der Waals surface area (Å²) < 4.78 is 0. The summed E-state index contributed by atoms with van der Waals surface area (Å²) in [6.45, 7) is 0. The quantitative estimate of drug-likeness (QED) is 0.134. The third-order valence-electron chi connectivity index (χ3n) is 5.31. The lowest BCUT2D eigenvalue weighted by Gasteiger charge is -2.20. The van der Waals surface area contributed by atoms with Crippen molar-refractivity contribution in [2.45, 2.75) is 50.6 Å². The van der Waals surface area contributed by atoms with Crippen molar-refractivity contribution in [1.29, 1.82) is 5.41 Å². The van der Waals surface area contributed by atoms with Gasteiger partial charge in [-0.3, -0.25) is 19.8 Å². The number of aryl methyl sites for hydroxylation is 1. The highest BCUT2D eigenvalue weighted by Crippen LogP contribution is 2.09. The maximum absolute atomic E-state index is 12.6. The molecule has 0 aliphatic carbocycles. The van der Waals surface area contributed by atoms with Gasteiger partial charge in [0.1, 0.15) is 17.9 Å². The van der Waals surface area contributed by atoms with Crippen LogP contribution in [0.2, 0.25) is 0 Å². The lowest BCUT2D eigenvalue weighted by molar-refractivity contribution is -0.143. The third kappa shape index (κ3) is 9.66. The normalized spacial score (nSPS) is 12.2. The summed E-state index contributed by atoms with van der Waals surface area (Å²) in [6, 6.07) is 13.3. The van der Waals surface area contributed by atoms with Crippen molar-refractivity contribution >= 4 is 29.6 Å². The molecular formula is C25H30N4O6. The molecule has 2 aromatic rings. The van der Waals surface area contributed by atoms with Gasteiger partial charge >= 0.3 is 11.9 Å². The molecule has 2 atom stereocenters. The van der Waals surface area contributed by atoms with E-state index in [1.54, 1.807) is 42.5 Å². The lowest BCUT2D eigenvalue weighted by atomic mass is 10.0. The first-order valence-corrected chi connectivity index (χ1v) is 11.2. The number of carbonyl (C=O) groups is 4. The van der Waals surface area contributed by atoms with Crippen molar-refractivity contribution in [3.05, 3.63) is 71.3 Å². The molecule has 2 rings (SSSR count). The molecule has 0 aromatic heterocycles. The van der Waals surface area contributed by atoms with Crippen LogP contribution in [-0.2, 0) is 32.0 Å². The second kappa shape index (κ2) is 13.5. The van der Waals surface area contributed by atoms with Gasteiger partial charge in [-0.2, -0.15) is 0 Å². The largest absolute Gasteiger partial charge is 0.481 e. The molecule has 1 unspecified atom stereocenters. The molecule has 0 aliphatic rings. The number of carbonyl (C=O) groups excluding carboxylic acids is 2. The van der Waals surface area contributed by atoms with Crippen molar-refractivity contribution in [2.24, 2.45) is 5.73 Å². The van der Waals surface area contributed by atoms with E-state index in [0.717, 1.165) is 5.56 Å². The number of benzene rings is 2. The number of rotatable bonds is 14. The Balaban J connectivity index is 1.87. The summed E-state index contributed by atoms with van der Waals surface area (Å²) in [5.41, 5.74) is 7.77. The van der Waals surface area contributed by atoms with E-state index >= 15 is 0 Å². The molecule has 0 fully saturated rings. The first-order chi connectivity index (χ1) is 16.7. The Hall–Kier alpha value is -4.21. The fourth-order valence-electron chi connectivity index (χ4n) is 3.44. The molecule has 0 saturated carbocycles. The number of carboxylic acids is 2. The Morgan fingerprint density at radius 2 is 1.51 bits per heavy atom. The summed E-state index contributed by atoms with van der Waals surface area (Å²) in [5.74, 6) is -3.93. The molecule has 186 valence electrons. The van der Waals surface area contributed by atoms with Crippen LogP contribution in [0.5, 0.6) is 0 Å². The lowest BCUT2D eigenvalue weighted by Crippen LogP contribution is -2.52. The summed E-state index contributed by atoms with van der Waals surface area (Å²) in [5, 5.41) is 30.8. The maximum atomic E-state index is 12.6. The molecule has 0 spiro atoms. The highest BCUT2D eigenvalue weighted by atomic mass is 16.4. The van der Waals surface area contributed by atoms with E-state index in [9.17, 15) is 24.3 Å². The molecule has 10 heteroatoms. The van der Waals surface area contributed by atoms with E-state index < -0.39 is 42.3 Å². The Morgan fingerprint density at radius 3 is 2.09 bits per heavy atom. The van der Waals surface area contributed by atoms with E-state index in [1.165, 1.54) is 0 Å². The number of aliphatic carboxylic acids is 2. The predicted molar refractivity (Wildman–Crippen MR) is 129 cm³/mol. The first kappa shape index (κ1) is 27.0. The number of nitrogens with two attached hydrogens (primary N) is 1. The van der Waals surface area contributed by atoms with E-state index in [1.807, 2.05) is 12.1 Å². The van der Waals surface area contributed by atoms with Crippen LogP contribution in [0.1, 0.15) is 42.4 Å². The molecule has 7 N–H and O–H groups in total. The number of carboxylic acid groups (broad SMARTS) is 2. The number of hydrogen-bond donors (Lipinski definition) is 6. The van der Waals surface area contributed by atoms with Crippen molar-refractivity contribution in [1.82, 2.24) is 10.6 Å². The summed E-state index contributed by atoms with van der Waals surface area (Å²) in [6.07, 6.45) is 1.32. The fourth-order valence-corrected chi connectivity index (χ4v) is 3.44. The minimum Gasteiger partial charge on any atom is -0.481 e. The molecule has 35 heavy (non-hydrogen) atoms. The van der Waals surface area contributed by atoms with Gasteiger partial charge < -0.3 is 26.6 Å². The third-order valence-corrected chi connectivity index (χ3v) is 5.31. The molecule has 2 aromatic carbocycles. The Labute approximate surface area is 203 Å². The van der Waals surface area contributed by atoms with Gasteiger partial charge in [0, 0.05) is 18.4 Å². The first-order valence-electron chi connectivity index (χ1n) is 11.2. The number of hydrogen-bond acceptors (Lipinski definition) is 5. The van der Waals surface area contributed by atoms with E-state index in [-0.39, 0.29) is 18.7 Å². The number of nitrogen functional groups attached to an aromatic ring is 1. The minimum atomic E-state index is -1.39. The monoisotopic (exact) mass is 482 g/mol. The molecule has 0 radical (unpaired) electrons. The van der Waals surface area contributed by atoms with Crippen LogP contribution in [0, 0.1) is 5.41 Å². The van der Waals surface area contributed by atoms with Crippen molar-refractivity contribution in [3.8, 4) is 0 Å². The highest BCUT2D eigenvalue weighted by molar-refractivity contribution is 5.95. The van der Waals surface area contributed by atoms with Gasteiger partial charge in [-0.15, -0.1) is 0 Å². The smallest absolute Gasteiger partial charge is 0.326 e. The van der Waals surface area contributed by atoms with Crippen LogP contribution in [0.25, 0.3) is 0 Å². The zero-order valence-corrected chi connectivity index (χ0v) is 19.2. The van der Waals surface area contributed by atoms with Crippen LogP contribution in [0.4, 0.5) is 0 Å². The fraction of sp³-hybridized carbons (Fsp3) is 0.320. The molecule has 10 nitrogen and oxygen atoms in total. The summed E-state index contributed by atoms with van der Waals surface area (Å²) in [4.78, 5) is 47.8. The van der Waals surface area contributed by atoms with Gasteiger partial charge in [-0.1, -0.05) is 54.6 Å². The molecular weight excluding hydrogens is 452 g/mol. The maximum Gasteiger partial charge on any atom is 0.326 e. The Kier molecular flexibility index (Phi) is 10.4. The van der Waals surface area contributed by atoms with E-state index in [0.29, 0.717) is 30.4 Å². The van der Waals surface area contributed by atoms with Crippen LogP contribution >= 0.6 is 0 Å². The SMILES string of the molecule is N=C(N)c1ccc(CCCCC(=O)N[C@@H](CC(=O)O)C(=O)NC(Cc2ccccc2)C(=O)O)cc1. The van der Waals surface area contributed by atoms with Gasteiger partial charge in [0.2, 0.25) is 11.8 Å². The highest BCUT2D eigenvalue weighted by Gasteiger charge is 2.28. The van der Waals surface area contributed by atoms with Crippen LogP contribution in [0.3, 0.4) is 0 Å². The number of amidine groups is 1. The Bertz CT molecular complexity index is 1040. The predicted octanol–water partition coefficient (Wildman–Crippen LogP) is 1.46. The second-order valence-electron chi connectivity index (χ2n) is 8.12. The van der Waals surface area contributed by atoms with Crippen LogP contribution < -0.4 is 16.4 Å². The number of nitrogens with one attached hydrogen (secondary N) is 3. The second-order valence-corrected chi connectivity index (χ2v) is 8.12.